The van der Waals surface area contributed by atoms with Crippen molar-refractivity contribution < 1.29 is 4.74 Å². The number of hydrogen-bond donors (Lipinski definition) is 1. The van der Waals surface area contributed by atoms with Crippen LogP contribution in [0.15, 0.2) is 24.5 Å². The Morgan fingerprint density at radius 1 is 1.24 bits per heavy atom. The predicted octanol–water partition coefficient (Wildman–Crippen LogP) is 3.41. The van der Waals surface area contributed by atoms with E-state index >= 15 is 0 Å². The lowest BCUT2D eigenvalue weighted by Gasteiger charge is -2.34. The third-order valence-corrected chi connectivity index (χ3v) is 5.61. The van der Waals surface area contributed by atoms with E-state index < -0.39 is 0 Å². The van der Waals surface area contributed by atoms with Gasteiger partial charge in [-0.1, -0.05) is 6.07 Å². The fourth-order valence-corrected chi connectivity index (χ4v) is 4.28. The molecule has 0 aliphatic carbocycles. The highest BCUT2D eigenvalue weighted by Crippen LogP contribution is 2.38. The van der Waals surface area contributed by atoms with Gasteiger partial charge in [0, 0.05) is 24.7 Å². The maximum absolute atomic E-state index is 5.90. The third-order valence-electron chi connectivity index (χ3n) is 5.61. The summed E-state index contributed by atoms with van der Waals surface area (Å²) in [6.07, 6.45) is 4.05. The molecule has 2 aromatic heterocycles. The zero-order valence-corrected chi connectivity index (χ0v) is 14.7. The van der Waals surface area contributed by atoms with Gasteiger partial charge in [-0.2, -0.15) is 0 Å². The number of nitrogens with one attached hydrogen (secondary N) is 1. The normalized spacial score (nSPS) is 20.9. The highest BCUT2D eigenvalue weighted by molar-refractivity contribution is 5.85. The molecule has 1 saturated heterocycles. The summed E-state index contributed by atoms with van der Waals surface area (Å²) in [6, 6.07) is 6.46. The number of nitrogens with zero attached hydrogens (tertiary/aromatic N) is 4. The molecule has 1 aromatic carbocycles. The summed E-state index contributed by atoms with van der Waals surface area (Å²) < 4.78 is 8.27. The van der Waals surface area contributed by atoms with Crippen LogP contribution in [0.3, 0.4) is 0 Å². The van der Waals surface area contributed by atoms with E-state index in [0.29, 0.717) is 18.6 Å². The number of rotatable bonds is 2. The number of H-pyrrole nitrogens is 1. The molecule has 130 valence electrons. The first kappa shape index (κ1) is 14.8. The Hall–Kier alpha value is -2.50. The maximum Gasteiger partial charge on any atom is 0.207 e. The molecular weight excluding hydrogens is 314 g/mol. The Bertz CT molecular complexity index is 919. The van der Waals surface area contributed by atoms with Gasteiger partial charge < -0.3 is 19.2 Å². The van der Waals surface area contributed by atoms with Crippen LogP contribution in [0.5, 0.6) is 5.75 Å². The molecule has 6 nitrogen and oxygen atoms in total. The molecule has 2 aliphatic rings. The number of aromatic nitrogens is 4. The number of benzene rings is 1. The van der Waals surface area contributed by atoms with Gasteiger partial charge in [-0.05, 0) is 38.8 Å². The van der Waals surface area contributed by atoms with Gasteiger partial charge in [0.05, 0.1) is 23.6 Å². The molecule has 3 aromatic rings. The van der Waals surface area contributed by atoms with Crippen molar-refractivity contribution in [3.8, 4) is 5.75 Å². The van der Waals surface area contributed by atoms with Crippen LogP contribution in [-0.4, -0.2) is 39.2 Å². The van der Waals surface area contributed by atoms with E-state index in [1.807, 2.05) is 18.5 Å². The van der Waals surface area contributed by atoms with Gasteiger partial charge in [-0.15, -0.1) is 0 Å². The fourth-order valence-electron chi connectivity index (χ4n) is 4.28. The van der Waals surface area contributed by atoms with Gasteiger partial charge in [0.1, 0.15) is 17.9 Å². The summed E-state index contributed by atoms with van der Waals surface area (Å²) in [5.41, 5.74) is 4.61. The molecule has 1 atom stereocenters. The Labute approximate surface area is 146 Å². The standard InChI is InChI=1S/C19H23N5O/c1-12-10-25-16-5-3-4-15-18(16)24(12)19(22-15)23-8-6-14(7-9-23)17-13(2)20-11-21-17/h3-5,11-12,14H,6-10H2,1-2H3,(H,20,21). The number of anilines is 1. The quantitative estimate of drug-likeness (QED) is 0.778. The average molecular weight is 337 g/mol. The van der Waals surface area contributed by atoms with Crippen LogP contribution >= 0.6 is 0 Å². The van der Waals surface area contributed by atoms with Gasteiger partial charge >= 0.3 is 0 Å². The van der Waals surface area contributed by atoms with Gasteiger partial charge in [-0.3, -0.25) is 0 Å². The highest BCUT2D eigenvalue weighted by atomic mass is 16.5. The van der Waals surface area contributed by atoms with Crippen molar-refractivity contribution in [3.63, 3.8) is 0 Å². The third kappa shape index (κ3) is 2.23. The molecule has 4 heterocycles. The van der Waals surface area contributed by atoms with Gasteiger partial charge in [0.2, 0.25) is 5.95 Å². The fraction of sp³-hybridized carbons (Fsp3) is 0.474. The second kappa shape index (κ2) is 5.51. The van der Waals surface area contributed by atoms with Crippen molar-refractivity contribution in [1.29, 1.82) is 0 Å². The molecule has 1 fully saturated rings. The number of para-hydroxylation sites is 1. The van der Waals surface area contributed by atoms with Gasteiger partial charge in [-0.25, -0.2) is 9.97 Å². The summed E-state index contributed by atoms with van der Waals surface area (Å²) in [5.74, 6) is 2.59. The molecule has 0 spiro atoms. The van der Waals surface area contributed by atoms with Crippen LogP contribution < -0.4 is 9.64 Å². The summed E-state index contributed by atoms with van der Waals surface area (Å²) in [5, 5.41) is 0. The molecular formula is C19H23N5O. The smallest absolute Gasteiger partial charge is 0.207 e. The number of hydrogen-bond acceptors (Lipinski definition) is 4. The Morgan fingerprint density at radius 2 is 2.08 bits per heavy atom. The highest BCUT2D eigenvalue weighted by Gasteiger charge is 2.30. The molecule has 1 N–H and O–H groups in total. The van der Waals surface area contributed by atoms with Crippen molar-refractivity contribution in [3.05, 3.63) is 35.9 Å². The summed E-state index contributed by atoms with van der Waals surface area (Å²) in [7, 11) is 0. The first-order chi connectivity index (χ1) is 12.2. The first-order valence-electron chi connectivity index (χ1n) is 9.11. The zero-order chi connectivity index (χ0) is 17.0. The number of imidazole rings is 2. The van der Waals surface area contributed by atoms with Crippen molar-refractivity contribution in [2.75, 3.05) is 24.6 Å². The summed E-state index contributed by atoms with van der Waals surface area (Å²) >= 11 is 0. The van der Waals surface area contributed by atoms with Gasteiger partial charge in [0.25, 0.3) is 0 Å². The summed E-state index contributed by atoms with van der Waals surface area (Å²) in [6.45, 7) is 7.06. The van der Waals surface area contributed by atoms with Crippen LogP contribution in [-0.2, 0) is 0 Å². The van der Waals surface area contributed by atoms with Crippen LogP contribution in [0.4, 0.5) is 5.95 Å². The zero-order valence-electron chi connectivity index (χ0n) is 14.7. The average Bonchev–Trinajstić information content (AvgIpc) is 3.23. The molecule has 0 bridgehead atoms. The van der Waals surface area contributed by atoms with Gasteiger partial charge in [0.15, 0.2) is 0 Å². The van der Waals surface area contributed by atoms with Crippen LogP contribution in [0, 0.1) is 6.92 Å². The second-order valence-electron chi connectivity index (χ2n) is 7.24. The van der Waals surface area contributed by atoms with E-state index in [1.165, 1.54) is 11.4 Å². The predicted molar refractivity (Wildman–Crippen MR) is 97.5 cm³/mol. The van der Waals surface area contributed by atoms with Crippen molar-refractivity contribution >= 4 is 17.0 Å². The monoisotopic (exact) mass is 337 g/mol. The molecule has 5 rings (SSSR count). The molecule has 2 aliphatic heterocycles. The van der Waals surface area contributed by atoms with E-state index in [2.05, 4.69) is 39.3 Å². The largest absolute Gasteiger partial charge is 0.489 e. The van der Waals surface area contributed by atoms with Crippen molar-refractivity contribution in [2.24, 2.45) is 0 Å². The molecule has 6 heteroatoms. The topological polar surface area (TPSA) is 59.0 Å². The molecule has 1 unspecified atom stereocenters. The van der Waals surface area contributed by atoms with E-state index in [9.17, 15) is 0 Å². The van der Waals surface area contributed by atoms with E-state index in [1.54, 1.807) is 0 Å². The maximum atomic E-state index is 5.90. The number of ether oxygens (including phenoxy) is 1. The second-order valence-corrected chi connectivity index (χ2v) is 7.24. The molecule has 0 amide bonds. The minimum Gasteiger partial charge on any atom is -0.489 e. The van der Waals surface area contributed by atoms with E-state index in [4.69, 9.17) is 9.72 Å². The molecule has 0 radical (unpaired) electrons. The molecule has 25 heavy (non-hydrogen) atoms. The number of aryl methyl sites for hydroxylation is 1. The lowest BCUT2D eigenvalue weighted by molar-refractivity contribution is 0.248. The Kier molecular flexibility index (Phi) is 3.26. The Balaban J connectivity index is 1.46. The van der Waals surface area contributed by atoms with Crippen molar-refractivity contribution in [2.45, 2.75) is 38.6 Å². The lowest BCUT2D eigenvalue weighted by atomic mass is 9.93. The Morgan fingerprint density at radius 3 is 2.84 bits per heavy atom. The van der Waals surface area contributed by atoms with Crippen LogP contribution in [0.2, 0.25) is 0 Å². The van der Waals surface area contributed by atoms with Crippen molar-refractivity contribution in [1.82, 2.24) is 19.5 Å². The summed E-state index contributed by atoms with van der Waals surface area (Å²) in [4.78, 5) is 15.1. The van der Waals surface area contributed by atoms with Crippen LogP contribution in [0.1, 0.15) is 43.1 Å². The van der Waals surface area contributed by atoms with Crippen LogP contribution in [0.25, 0.3) is 11.0 Å². The minimum absolute atomic E-state index is 0.307. The van der Waals surface area contributed by atoms with E-state index in [-0.39, 0.29) is 0 Å². The molecule has 0 saturated carbocycles. The lowest BCUT2D eigenvalue weighted by Crippen LogP contribution is -2.36. The minimum atomic E-state index is 0.307. The first-order valence-corrected chi connectivity index (χ1v) is 9.11. The number of piperidine rings is 1. The SMILES string of the molecule is Cc1[nH]cnc1C1CCN(c2nc3cccc4c3n2C(C)CO4)CC1. The van der Waals surface area contributed by atoms with E-state index in [0.717, 1.165) is 48.7 Å². The number of aromatic amines is 1.